The molecule has 0 atom stereocenters. The van der Waals surface area contributed by atoms with Crippen LogP contribution in [0.4, 0.5) is 26.3 Å². The van der Waals surface area contributed by atoms with Gasteiger partial charge >= 0.3 is 11.0 Å². The van der Waals surface area contributed by atoms with Crippen molar-refractivity contribution >= 4 is 20.0 Å². The Morgan fingerprint density at radius 3 is 1.63 bits per heavy atom. The quantitative estimate of drug-likeness (QED) is 0.331. The van der Waals surface area contributed by atoms with Crippen LogP contribution in [0.25, 0.3) is 4.13 Å². The van der Waals surface area contributed by atoms with Crippen molar-refractivity contribution in [3.8, 4) is 0 Å². The molecule has 0 N–H and O–H groups in total. The molecule has 8 nitrogen and oxygen atoms in total. The Balaban J connectivity index is 0.000000511. The van der Waals surface area contributed by atoms with Crippen LogP contribution in [0.3, 0.4) is 0 Å². The van der Waals surface area contributed by atoms with E-state index in [4.69, 9.17) is 9.47 Å². The lowest BCUT2D eigenvalue weighted by Crippen LogP contribution is -2.42. The maximum Gasteiger partial charge on any atom is 0.480 e. The molecule has 0 radical (unpaired) electrons. The highest BCUT2D eigenvalue weighted by molar-refractivity contribution is 8.13. The second kappa shape index (κ2) is 9.69. The molecule has 0 spiro atoms. The van der Waals surface area contributed by atoms with Crippen molar-refractivity contribution in [2.24, 2.45) is 0 Å². The molecule has 0 saturated carbocycles. The number of rotatable bonds is 7. The number of alkyl halides is 6. The highest BCUT2D eigenvalue weighted by atomic mass is 32.3. The molecule has 1 rings (SSSR count). The van der Waals surface area contributed by atoms with Gasteiger partial charge in [-0.05, 0) is 0 Å². The van der Waals surface area contributed by atoms with E-state index in [0.717, 1.165) is 21.9 Å². The zero-order valence-electron chi connectivity index (χ0n) is 14.4. The molecule has 27 heavy (non-hydrogen) atoms. The van der Waals surface area contributed by atoms with Crippen molar-refractivity contribution in [2.75, 3.05) is 47.2 Å². The molecule has 0 aromatic rings. The average molecular weight is 454 g/mol. The van der Waals surface area contributed by atoms with Gasteiger partial charge in [0, 0.05) is 20.0 Å². The van der Waals surface area contributed by atoms with Crippen molar-refractivity contribution in [1.82, 2.24) is 0 Å². The monoisotopic (exact) mass is 454 g/mol. The minimum Gasteiger partial charge on any atom is -0.421 e. The van der Waals surface area contributed by atoms with Crippen LogP contribution in [0.1, 0.15) is 12.8 Å². The third-order valence-corrected chi connectivity index (χ3v) is 6.00. The van der Waals surface area contributed by atoms with E-state index in [1.807, 2.05) is 0 Å². The first-order valence-electron chi connectivity index (χ1n) is 7.24. The van der Waals surface area contributed by atoms with Crippen LogP contribution in [0.5, 0.6) is 0 Å². The van der Waals surface area contributed by atoms with Gasteiger partial charge in [0.25, 0.3) is 0 Å². The Hall–Kier alpha value is -0.680. The number of likely N-dealkylation sites (tertiary alicyclic amines) is 1. The third kappa shape index (κ3) is 8.91. The lowest BCUT2D eigenvalue weighted by molar-refractivity contribution is -0.916. The molecular weight excluding hydrogens is 434 g/mol. The number of hydrogen-bond donors (Lipinski definition) is 0. The summed E-state index contributed by atoms with van der Waals surface area (Å²) >= 11 is 0. The van der Waals surface area contributed by atoms with Crippen LogP contribution in [-0.4, -0.2) is 79.5 Å². The molecule has 0 aromatic carbocycles. The number of halogens is 6. The second-order valence-corrected chi connectivity index (χ2v) is 9.14. The van der Waals surface area contributed by atoms with Crippen LogP contribution in [0.2, 0.25) is 0 Å². The summed E-state index contributed by atoms with van der Waals surface area (Å²) in [6.45, 7) is 4.83. The predicted molar refractivity (Wildman–Crippen MR) is 81.2 cm³/mol. The molecule has 1 saturated heterocycles. The van der Waals surface area contributed by atoms with Crippen LogP contribution in [-0.2, 0) is 29.5 Å². The van der Waals surface area contributed by atoms with E-state index in [-0.39, 0.29) is 0 Å². The number of methoxy groups -OCH3 is 1. The Morgan fingerprint density at radius 2 is 1.30 bits per heavy atom. The van der Waals surface area contributed by atoms with Gasteiger partial charge in [0.15, 0.2) is 26.8 Å². The van der Waals surface area contributed by atoms with E-state index >= 15 is 0 Å². The van der Waals surface area contributed by atoms with E-state index in [1.54, 1.807) is 7.11 Å². The molecule has 1 aliphatic rings. The summed E-state index contributed by atoms with van der Waals surface area (Å²) in [4.78, 5) is 0. The predicted octanol–water partition coefficient (Wildman–Crippen LogP) is 1.91. The van der Waals surface area contributed by atoms with Gasteiger partial charge in [-0.1, -0.05) is 0 Å². The minimum absolute atomic E-state index is 0.708. The fourth-order valence-corrected chi connectivity index (χ4v) is 3.58. The summed E-state index contributed by atoms with van der Waals surface area (Å²) < 4.78 is 121. The summed E-state index contributed by atoms with van der Waals surface area (Å²) in [7, 11) is -9.48. The molecule has 0 bridgehead atoms. The first-order valence-corrected chi connectivity index (χ1v) is 10.1. The normalized spacial score (nSPS) is 18.1. The Morgan fingerprint density at radius 1 is 0.889 bits per heavy atom. The number of sulfonamides is 2. The lowest BCUT2D eigenvalue weighted by atomic mass is 10.4. The molecule has 16 heteroatoms. The van der Waals surface area contributed by atoms with Crippen molar-refractivity contribution in [3.05, 3.63) is 4.13 Å². The Labute approximate surface area is 153 Å². The molecule has 1 heterocycles. The minimum atomic E-state index is -6.72. The standard InChI is InChI=1S/C9H20NO2.C2F6NO4S2/c1-10(5-3-4-6-10)9-12-8-7-11-2;3-1(4,5)14(10,11)9-15(12,13)2(6,7)8/h3-9H2,1-2H3;/q+1;-1. The first-order chi connectivity index (χ1) is 12.0. The van der Waals surface area contributed by atoms with Crippen LogP contribution < -0.4 is 0 Å². The molecule has 0 unspecified atom stereocenters. The van der Waals surface area contributed by atoms with Crippen LogP contribution in [0.15, 0.2) is 0 Å². The summed E-state index contributed by atoms with van der Waals surface area (Å²) in [5, 5.41) is 0. The average Bonchev–Trinajstić information content (AvgIpc) is 2.88. The molecule has 0 aliphatic carbocycles. The second-order valence-electron chi connectivity index (χ2n) is 5.72. The summed E-state index contributed by atoms with van der Waals surface area (Å²) in [6, 6.07) is 0. The van der Waals surface area contributed by atoms with E-state index < -0.39 is 31.1 Å². The molecule has 164 valence electrons. The van der Waals surface area contributed by atoms with Gasteiger partial charge in [-0.15, -0.1) is 0 Å². The Kier molecular flexibility index (Phi) is 9.44. The Bertz CT molecular complexity index is 614. The van der Waals surface area contributed by atoms with Crippen molar-refractivity contribution < 1.29 is 57.1 Å². The van der Waals surface area contributed by atoms with Gasteiger partial charge in [-0.2, -0.15) is 26.3 Å². The van der Waals surface area contributed by atoms with Gasteiger partial charge in [-0.25, -0.2) is 16.8 Å². The van der Waals surface area contributed by atoms with Gasteiger partial charge in [0.2, 0.25) is 0 Å². The van der Waals surface area contributed by atoms with E-state index in [9.17, 15) is 43.2 Å². The number of ether oxygens (including phenoxy) is 2. The lowest BCUT2D eigenvalue weighted by Gasteiger charge is -2.28. The molecular formula is C11H20F6N2O6S2. The van der Waals surface area contributed by atoms with Gasteiger partial charge in [0.1, 0.15) is 0 Å². The fraction of sp³-hybridized carbons (Fsp3) is 1.00. The van der Waals surface area contributed by atoms with Gasteiger partial charge in [-0.3, -0.25) is 0 Å². The van der Waals surface area contributed by atoms with Crippen LogP contribution in [0, 0.1) is 0 Å². The molecule has 1 aliphatic heterocycles. The maximum atomic E-state index is 11.4. The highest BCUT2D eigenvalue weighted by Crippen LogP contribution is 2.36. The van der Waals surface area contributed by atoms with Crippen molar-refractivity contribution in [1.29, 1.82) is 0 Å². The smallest absolute Gasteiger partial charge is 0.421 e. The summed E-state index contributed by atoms with van der Waals surface area (Å²) in [5.41, 5.74) is -12.4. The summed E-state index contributed by atoms with van der Waals surface area (Å²) in [6.07, 6.45) is 2.70. The van der Waals surface area contributed by atoms with Crippen LogP contribution >= 0.6 is 0 Å². The SMILES string of the molecule is COCCOC[N+]1(C)CCCC1.O=S(=O)([N-]S(=O)(=O)C(F)(F)F)C(F)(F)F. The number of hydrogen-bond acceptors (Lipinski definition) is 6. The fourth-order valence-electron chi connectivity index (χ4n) is 1.87. The van der Waals surface area contributed by atoms with E-state index in [2.05, 4.69) is 7.05 Å². The third-order valence-electron chi connectivity index (χ3n) is 3.26. The highest BCUT2D eigenvalue weighted by Gasteiger charge is 2.46. The van der Waals surface area contributed by atoms with Gasteiger partial charge in [0.05, 0.1) is 33.4 Å². The van der Waals surface area contributed by atoms with Crippen molar-refractivity contribution in [3.63, 3.8) is 0 Å². The van der Waals surface area contributed by atoms with E-state index in [1.165, 1.54) is 25.9 Å². The zero-order valence-corrected chi connectivity index (χ0v) is 16.0. The molecule has 1 fully saturated rings. The zero-order chi connectivity index (χ0) is 21.6. The number of quaternary nitrogens is 1. The van der Waals surface area contributed by atoms with Gasteiger partial charge < -0.3 is 18.1 Å². The van der Waals surface area contributed by atoms with Crippen molar-refractivity contribution in [2.45, 2.75) is 23.9 Å². The largest absolute Gasteiger partial charge is 0.480 e. The summed E-state index contributed by atoms with van der Waals surface area (Å²) in [5.74, 6) is 0. The molecule has 0 aromatic heterocycles. The molecule has 0 amide bonds. The topological polar surface area (TPSA) is 101 Å². The maximum absolute atomic E-state index is 11.4. The number of nitrogens with zero attached hydrogens (tertiary/aromatic N) is 2. The van der Waals surface area contributed by atoms with E-state index in [0.29, 0.717) is 6.61 Å². The first kappa shape index (κ1) is 26.3.